The molecule has 0 saturated heterocycles. The first-order valence-corrected chi connectivity index (χ1v) is 8.06. The molecule has 1 aliphatic heterocycles. The van der Waals surface area contributed by atoms with Gasteiger partial charge in [-0.3, -0.25) is 9.69 Å². The molecule has 0 fully saturated rings. The molecule has 0 saturated carbocycles. The molecule has 1 heterocycles. The Bertz CT molecular complexity index is 449. The molecule has 0 bridgehead atoms. The van der Waals surface area contributed by atoms with Crippen molar-refractivity contribution in [2.45, 2.75) is 32.4 Å². The van der Waals surface area contributed by atoms with Crippen LogP contribution < -0.4 is 0 Å². The first kappa shape index (κ1) is 16.2. The molecule has 0 unspecified atom stereocenters. The number of carbonyl (C=O) groups is 2. The Morgan fingerprint density at radius 2 is 2.25 bits per heavy atom. The summed E-state index contributed by atoms with van der Waals surface area (Å²) in [6, 6.07) is 0.859. The van der Waals surface area contributed by atoms with E-state index in [0.29, 0.717) is 12.0 Å². The van der Waals surface area contributed by atoms with Gasteiger partial charge in [0.1, 0.15) is 11.4 Å². The number of amides is 1. The molecule has 0 radical (unpaired) electrons. The molecule has 1 rings (SSSR count). The number of allylic oxidation sites excluding steroid dienone is 3. The number of aldehydes is 1. The maximum absolute atomic E-state index is 12.0. The molecule has 0 aromatic rings. The van der Waals surface area contributed by atoms with Gasteiger partial charge in [0.05, 0.1) is 12.2 Å². The zero-order valence-electron chi connectivity index (χ0n) is 12.2. The van der Waals surface area contributed by atoms with Crippen molar-refractivity contribution in [1.29, 1.82) is 0 Å². The van der Waals surface area contributed by atoms with Gasteiger partial charge in [-0.05, 0) is 32.9 Å². The van der Waals surface area contributed by atoms with E-state index in [-0.39, 0.29) is 12.2 Å². The molecule has 0 aromatic heterocycles. The van der Waals surface area contributed by atoms with E-state index in [2.05, 4.69) is 6.58 Å². The lowest BCUT2D eigenvalue weighted by molar-refractivity contribution is -0.106. The van der Waals surface area contributed by atoms with Crippen LogP contribution >= 0.6 is 0 Å². The number of hydrogen-bond donors (Lipinski definition) is 0. The van der Waals surface area contributed by atoms with Gasteiger partial charge in [0.2, 0.25) is 9.76 Å². The highest BCUT2D eigenvalue weighted by atomic mass is 28.2. The third kappa shape index (κ3) is 5.04. The topological polar surface area (TPSA) is 55.8 Å². The van der Waals surface area contributed by atoms with Gasteiger partial charge in [0, 0.05) is 6.08 Å². The van der Waals surface area contributed by atoms with Crippen molar-refractivity contribution in [1.82, 2.24) is 4.90 Å². The van der Waals surface area contributed by atoms with Crippen molar-refractivity contribution >= 4 is 22.1 Å². The predicted molar refractivity (Wildman–Crippen MR) is 79.8 cm³/mol. The van der Waals surface area contributed by atoms with E-state index in [0.717, 1.165) is 6.04 Å². The van der Waals surface area contributed by atoms with E-state index >= 15 is 0 Å². The van der Waals surface area contributed by atoms with Gasteiger partial charge in [-0.2, -0.15) is 0 Å². The number of rotatable bonds is 5. The summed E-state index contributed by atoms with van der Waals surface area (Å²) in [6.45, 7) is 9.26. The largest absolute Gasteiger partial charge is 0.549 e. The van der Waals surface area contributed by atoms with Crippen LogP contribution in [-0.4, -0.2) is 39.2 Å². The Morgan fingerprint density at radius 1 is 1.55 bits per heavy atom. The van der Waals surface area contributed by atoms with Crippen LogP contribution in [0.3, 0.4) is 0 Å². The maximum Gasteiger partial charge on any atom is 0.415 e. The lowest BCUT2D eigenvalue weighted by atomic mass is 10.2. The average molecular weight is 295 g/mol. The van der Waals surface area contributed by atoms with Gasteiger partial charge in [-0.1, -0.05) is 6.08 Å². The molecular formula is C14H21NO4Si. The lowest BCUT2D eigenvalue weighted by Gasteiger charge is -2.28. The smallest absolute Gasteiger partial charge is 0.415 e. The van der Waals surface area contributed by atoms with Crippen LogP contribution in [0.2, 0.25) is 6.04 Å². The van der Waals surface area contributed by atoms with Crippen molar-refractivity contribution in [3.05, 3.63) is 36.3 Å². The summed E-state index contributed by atoms with van der Waals surface area (Å²) >= 11 is 0. The van der Waals surface area contributed by atoms with Crippen LogP contribution in [0.5, 0.6) is 0 Å². The fraction of sp³-hybridized carbons (Fsp3) is 0.429. The van der Waals surface area contributed by atoms with E-state index < -0.39 is 21.5 Å². The first-order chi connectivity index (χ1) is 9.37. The van der Waals surface area contributed by atoms with Crippen molar-refractivity contribution in [2.24, 2.45) is 0 Å². The van der Waals surface area contributed by atoms with E-state index in [1.807, 2.05) is 6.08 Å². The van der Waals surface area contributed by atoms with Gasteiger partial charge in [-0.15, -0.1) is 6.58 Å². The van der Waals surface area contributed by atoms with Gasteiger partial charge in [0.25, 0.3) is 0 Å². The summed E-state index contributed by atoms with van der Waals surface area (Å²) in [5.74, 6) is 0.639. The number of hydrogen-bond acceptors (Lipinski definition) is 4. The molecule has 1 aliphatic rings. The summed E-state index contributed by atoms with van der Waals surface area (Å²) in [7, 11) is -0.709. The van der Waals surface area contributed by atoms with Gasteiger partial charge < -0.3 is 9.16 Å². The van der Waals surface area contributed by atoms with Crippen molar-refractivity contribution in [3.63, 3.8) is 0 Å². The van der Waals surface area contributed by atoms with Crippen LogP contribution in [0, 0.1) is 0 Å². The summed E-state index contributed by atoms with van der Waals surface area (Å²) < 4.78 is 10.9. The molecule has 0 aliphatic carbocycles. The first-order valence-electron chi connectivity index (χ1n) is 6.48. The van der Waals surface area contributed by atoms with E-state index in [9.17, 15) is 9.59 Å². The number of carbonyl (C=O) groups excluding carboxylic acids is 2. The predicted octanol–water partition coefficient (Wildman–Crippen LogP) is 1.91. The Hall–Kier alpha value is -1.82. The standard InChI is InChI=1S/C14H21NO4Si/c1-5-8-20-19-12-6-7-15(11(9-12)10-16)13(17)18-14(2,3)4/h5-6,9-10H,1,7-8,20H2,2-4H3. The van der Waals surface area contributed by atoms with Crippen LogP contribution in [-0.2, 0) is 14.0 Å². The molecule has 0 atom stereocenters. The molecule has 0 aromatic carbocycles. The summed E-state index contributed by atoms with van der Waals surface area (Å²) in [4.78, 5) is 24.4. The summed E-state index contributed by atoms with van der Waals surface area (Å²) in [6.07, 6.45) is 5.25. The fourth-order valence-corrected chi connectivity index (χ4v) is 2.25. The third-order valence-corrected chi connectivity index (χ3v) is 3.58. The van der Waals surface area contributed by atoms with Gasteiger partial charge in [0.15, 0.2) is 6.29 Å². The third-order valence-electron chi connectivity index (χ3n) is 2.40. The molecule has 6 heteroatoms. The SMILES string of the molecule is C=CC[SiH2]OC1=CCN(C(=O)OC(C)(C)C)C(C=O)=C1. The van der Waals surface area contributed by atoms with Crippen LogP contribution in [0.25, 0.3) is 0 Å². The summed E-state index contributed by atoms with van der Waals surface area (Å²) in [5, 5.41) is 0. The second-order valence-corrected chi connectivity index (χ2v) is 6.58. The molecule has 0 N–H and O–H groups in total. The van der Waals surface area contributed by atoms with Crippen molar-refractivity contribution < 1.29 is 18.8 Å². The Kier molecular flexibility index (Phi) is 5.76. The maximum atomic E-state index is 12.0. The second-order valence-electron chi connectivity index (χ2n) is 5.31. The highest BCUT2D eigenvalue weighted by molar-refractivity contribution is 6.28. The average Bonchev–Trinajstić information content (AvgIpc) is 2.36. The second kappa shape index (κ2) is 7.09. The van der Waals surface area contributed by atoms with Crippen molar-refractivity contribution in [2.75, 3.05) is 6.54 Å². The van der Waals surface area contributed by atoms with Crippen molar-refractivity contribution in [3.8, 4) is 0 Å². The zero-order valence-corrected chi connectivity index (χ0v) is 13.6. The Balaban J connectivity index is 2.70. The Labute approximate surface area is 121 Å². The monoisotopic (exact) mass is 295 g/mol. The molecule has 0 spiro atoms. The molecule has 20 heavy (non-hydrogen) atoms. The number of ether oxygens (including phenoxy) is 1. The summed E-state index contributed by atoms with van der Waals surface area (Å²) in [5.41, 5.74) is -0.341. The van der Waals surface area contributed by atoms with Crippen LogP contribution in [0.4, 0.5) is 4.79 Å². The normalized spacial score (nSPS) is 15.7. The minimum absolute atomic E-state index is 0.254. The van der Waals surface area contributed by atoms with E-state index in [4.69, 9.17) is 9.16 Å². The minimum Gasteiger partial charge on any atom is -0.549 e. The highest BCUT2D eigenvalue weighted by Gasteiger charge is 2.26. The fourth-order valence-electron chi connectivity index (χ4n) is 1.52. The highest BCUT2D eigenvalue weighted by Crippen LogP contribution is 2.18. The minimum atomic E-state index is -0.709. The van der Waals surface area contributed by atoms with E-state index in [1.54, 1.807) is 32.9 Å². The van der Waals surface area contributed by atoms with Gasteiger partial charge >= 0.3 is 6.09 Å². The number of nitrogens with zero attached hydrogens (tertiary/aromatic N) is 1. The zero-order chi connectivity index (χ0) is 15.2. The molecule has 5 nitrogen and oxygen atoms in total. The lowest BCUT2D eigenvalue weighted by Crippen LogP contribution is -2.38. The molecule has 110 valence electrons. The van der Waals surface area contributed by atoms with E-state index in [1.165, 1.54) is 4.90 Å². The molecular weight excluding hydrogens is 274 g/mol. The van der Waals surface area contributed by atoms with Crippen LogP contribution in [0.1, 0.15) is 20.8 Å². The molecule has 1 amide bonds. The van der Waals surface area contributed by atoms with Crippen LogP contribution in [0.15, 0.2) is 36.3 Å². The quantitative estimate of drug-likeness (QED) is 0.336. The Morgan fingerprint density at radius 3 is 2.80 bits per heavy atom. The van der Waals surface area contributed by atoms with Gasteiger partial charge in [-0.25, -0.2) is 4.79 Å².